The Morgan fingerprint density at radius 2 is 0.960 bits per heavy atom. The Morgan fingerprint density at radius 1 is 0.340 bits per heavy atom. The minimum atomic E-state index is 0.681. The number of benzene rings is 8. The highest BCUT2D eigenvalue weighted by molar-refractivity contribution is 6.06. The summed E-state index contributed by atoms with van der Waals surface area (Å²) in [5, 5.41) is 4.27. The second-order valence-corrected chi connectivity index (χ2v) is 12.6. The minimum Gasteiger partial charge on any atom is -0.456 e. The van der Waals surface area contributed by atoms with Crippen LogP contribution in [0.15, 0.2) is 180 Å². The lowest BCUT2D eigenvalue weighted by molar-refractivity contribution is 0.439. The van der Waals surface area contributed by atoms with Crippen LogP contribution < -0.4 is 14.4 Å². The summed E-state index contributed by atoms with van der Waals surface area (Å²) >= 11 is 0. The van der Waals surface area contributed by atoms with Gasteiger partial charge in [-0.05, 0) is 94.4 Å². The predicted octanol–water partition coefficient (Wildman–Crippen LogP) is 13.4. The van der Waals surface area contributed by atoms with Crippen molar-refractivity contribution in [2.45, 2.75) is 0 Å². The molecule has 0 N–H and O–H groups in total. The van der Waals surface area contributed by atoms with Crippen molar-refractivity contribution in [2.75, 3.05) is 4.90 Å². The van der Waals surface area contributed by atoms with Gasteiger partial charge in [0.05, 0.1) is 5.39 Å². The van der Waals surface area contributed by atoms with E-state index in [-0.39, 0.29) is 0 Å². The highest BCUT2D eigenvalue weighted by atomic mass is 16.5. The summed E-state index contributed by atoms with van der Waals surface area (Å²) in [7, 11) is 0. The van der Waals surface area contributed by atoms with Crippen LogP contribution in [0.4, 0.5) is 17.1 Å². The standard InChI is InChI=1S/C46H29NO3/c1-2-9-30(10-3-1)31-19-22-35(23-20-31)47(37-24-25-39-38-15-4-5-16-40(38)48-44(39)29-37)36-14-6-13-33(27-36)34-21-26-41-45(28-34)50-43-18-8-12-32-11-7-17-42(49-41)46(32)43/h1-29H. The molecule has 4 heteroatoms. The number of hydrogen-bond donors (Lipinski definition) is 0. The van der Waals surface area contributed by atoms with Gasteiger partial charge < -0.3 is 18.8 Å². The second kappa shape index (κ2) is 11.4. The normalized spacial score (nSPS) is 11.9. The molecule has 8 aromatic carbocycles. The summed E-state index contributed by atoms with van der Waals surface area (Å²) in [5.41, 5.74) is 9.25. The molecule has 0 saturated heterocycles. The fourth-order valence-corrected chi connectivity index (χ4v) is 7.09. The summed E-state index contributed by atoms with van der Waals surface area (Å²) in [6.45, 7) is 0. The van der Waals surface area contributed by atoms with Crippen LogP contribution in [0.3, 0.4) is 0 Å². The number of ether oxygens (including phenoxy) is 2. The fraction of sp³-hybridized carbons (Fsp3) is 0. The van der Waals surface area contributed by atoms with E-state index in [4.69, 9.17) is 13.9 Å². The van der Waals surface area contributed by atoms with E-state index in [0.717, 1.165) is 72.4 Å². The van der Waals surface area contributed by atoms with E-state index < -0.39 is 0 Å². The molecule has 10 rings (SSSR count). The molecule has 1 aliphatic heterocycles. The summed E-state index contributed by atoms with van der Waals surface area (Å²) in [6, 6.07) is 60.8. The van der Waals surface area contributed by atoms with Crippen LogP contribution in [0.1, 0.15) is 0 Å². The lowest BCUT2D eigenvalue weighted by Crippen LogP contribution is -2.10. The van der Waals surface area contributed by atoms with Crippen molar-refractivity contribution in [2.24, 2.45) is 0 Å². The van der Waals surface area contributed by atoms with Crippen LogP contribution in [-0.4, -0.2) is 0 Å². The molecular formula is C46H29NO3. The van der Waals surface area contributed by atoms with Crippen molar-refractivity contribution < 1.29 is 13.9 Å². The molecular weight excluding hydrogens is 615 g/mol. The molecule has 0 amide bonds. The van der Waals surface area contributed by atoms with Crippen LogP contribution in [0.5, 0.6) is 23.0 Å². The Morgan fingerprint density at radius 3 is 1.80 bits per heavy atom. The Kier molecular flexibility index (Phi) is 6.46. The van der Waals surface area contributed by atoms with Gasteiger partial charge in [-0.25, -0.2) is 0 Å². The van der Waals surface area contributed by atoms with Crippen molar-refractivity contribution >= 4 is 49.8 Å². The smallest absolute Gasteiger partial charge is 0.170 e. The average Bonchev–Trinajstić information content (AvgIpc) is 3.46. The number of rotatable bonds is 5. The molecule has 50 heavy (non-hydrogen) atoms. The Balaban J connectivity index is 1.08. The minimum absolute atomic E-state index is 0.681. The summed E-state index contributed by atoms with van der Waals surface area (Å²) < 4.78 is 19.3. The fourth-order valence-electron chi connectivity index (χ4n) is 7.09. The molecule has 4 nitrogen and oxygen atoms in total. The van der Waals surface area contributed by atoms with Crippen LogP contribution in [0.2, 0.25) is 0 Å². The predicted molar refractivity (Wildman–Crippen MR) is 203 cm³/mol. The largest absolute Gasteiger partial charge is 0.456 e. The zero-order valence-corrected chi connectivity index (χ0v) is 26.9. The quantitative estimate of drug-likeness (QED) is 0.187. The van der Waals surface area contributed by atoms with E-state index in [2.05, 4.69) is 132 Å². The van der Waals surface area contributed by atoms with Crippen LogP contribution in [0.25, 0.3) is 55.0 Å². The van der Waals surface area contributed by atoms with Crippen molar-refractivity contribution in [1.29, 1.82) is 0 Å². The number of anilines is 3. The van der Waals surface area contributed by atoms with Crippen molar-refractivity contribution in [3.63, 3.8) is 0 Å². The van der Waals surface area contributed by atoms with Gasteiger partial charge in [0, 0.05) is 33.9 Å². The highest BCUT2D eigenvalue weighted by Crippen LogP contribution is 2.47. The lowest BCUT2D eigenvalue weighted by Gasteiger charge is -2.26. The first kappa shape index (κ1) is 28.3. The topological polar surface area (TPSA) is 34.8 Å². The Bertz CT molecular complexity index is 2710. The monoisotopic (exact) mass is 643 g/mol. The van der Waals surface area contributed by atoms with Crippen molar-refractivity contribution in [1.82, 2.24) is 0 Å². The molecule has 0 atom stereocenters. The van der Waals surface area contributed by atoms with Crippen LogP contribution in [0, 0.1) is 0 Å². The third-order valence-corrected chi connectivity index (χ3v) is 9.50. The number of para-hydroxylation sites is 1. The maximum Gasteiger partial charge on any atom is 0.170 e. The molecule has 0 radical (unpaired) electrons. The molecule has 236 valence electrons. The lowest BCUT2D eigenvalue weighted by atomic mass is 10.0. The first-order chi connectivity index (χ1) is 24.7. The molecule has 0 unspecified atom stereocenters. The van der Waals surface area contributed by atoms with Gasteiger partial charge in [-0.1, -0.05) is 103 Å². The van der Waals surface area contributed by atoms with E-state index in [1.807, 2.05) is 48.5 Å². The zero-order valence-electron chi connectivity index (χ0n) is 26.9. The summed E-state index contributed by atoms with van der Waals surface area (Å²) in [6.07, 6.45) is 0. The molecule has 1 aliphatic rings. The molecule has 0 spiro atoms. The molecule has 0 saturated carbocycles. The molecule has 0 fully saturated rings. The maximum atomic E-state index is 6.52. The Hall–Kier alpha value is -6.78. The van der Waals surface area contributed by atoms with Crippen molar-refractivity contribution in [3.8, 4) is 45.3 Å². The van der Waals surface area contributed by atoms with E-state index in [1.165, 1.54) is 11.1 Å². The van der Waals surface area contributed by atoms with Crippen LogP contribution >= 0.6 is 0 Å². The van der Waals surface area contributed by atoms with Gasteiger partial charge in [0.25, 0.3) is 0 Å². The molecule has 0 aliphatic carbocycles. The van der Waals surface area contributed by atoms with E-state index in [9.17, 15) is 0 Å². The highest BCUT2D eigenvalue weighted by Gasteiger charge is 2.20. The average molecular weight is 644 g/mol. The van der Waals surface area contributed by atoms with E-state index >= 15 is 0 Å². The molecule has 9 aromatic rings. The number of furan rings is 1. The number of fused-ring (bicyclic) bond motifs is 4. The van der Waals surface area contributed by atoms with Crippen molar-refractivity contribution in [3.05, 3.63) is 176 Å². The SMILES string of the molecule is c1ccc(-c2ccc(N(c3cccc(-c4ccc5c(c4)Oc4cccc6cccc(c46)O5)c3)c3ccc4c(c3)oc3ccccc34)cc2)cc1. The molecule has 2 heterocycles. The third kappa shape index (κ3) is 4.77. The van der Waals surface area contributed by atoms with Crippen LogP contribution in [-0.2, 0) is 0 Å². The third-order valence-electron chi connectivity index (χ3n) is 9.50. The Labute approximate surface area is 289 Å². The van der Waals surface area contributed by atoms with E-state index in [1.54, 1.807) is 0 Å². The zero-order chi connectivity index (χ0) is 33.0. The van der Waals surface area contributed by atoms with E-state index in [0.29, 0.717) is 11.5 Å². The molecule has 1 aromatic heterocycles. The van der Waals surface area contributed by atoms with Gasteiger partial charge in [0.2, 0.25) is 0 Å². The number of hydrogen-bond acceptors (Lipinski definition) is 4. The van der Waals surface area contributed by atoms with Gasteiger partial charge in [0.1, 0.15) is 22.7 Å². The maximum absolute atomic E-state index is 6.52. The summed E-state index contributed by atoms with van der Waals surface area (Å²) in [4.78, 5) is 2.28. The number of nitrogens with zero attached hydrogens (tertiary/aromatic N) is 1. The first-order valence-corrected chi connectivity index (χ1v) is 16.7. The van der Waals surface area contributed by atoms with Gasteiger partial charge in [-0.2, -0.15) is 0 Å². The molecule has 0 bridgehead atoms. The summed E-state index contributed by atoms with van der Waals surface area (Å²) in [5.74, 6) is 2.95. The first-order valence-electron chi connectivity index (χ1n) is 16.7. The van der Waals surface area contributed by atoms with Gasteiger partial charge >= 0.3 is 0 Å². The van der Waals surface area contributed by atoms with Gasteiger partial charge in [-0.3, -0.25) is 0 Å². The van der Waals surface area contributed by atoms with Gasteiger partial charge in [0.15, 0.2) is 11.5 Å². The second-order valence-electron chi connectivity index (χ2n) is 12.6. The van der Waals surface area contributed by atoms with Gasteiger partial charge in [-0.15, -0.1) is 0 Å².